The maximum absolute atomic E-state index is 11.6. The Morgan fingerprint density at radius 2 is 1.94 bits per heavy atom. The van der Waals surface area contributed by atoms with Gasteiger partial charge in [0, 0.05) is 6.54 Å². The van der Waals surface area contributed by atoms with E-state index in [2.05, 4.69) is 5.32 Å². The molecule has 0 aliphatic rings. The van der Waals surface area contributed by atoms with Gasteiger partial charge in [-0.3, -0.25) is 9.59 Å². The van der Waals surface area contributed by atoms with Crippen LogP contribution in [0.25, 0.3) is 0 Å². The maximum atomic E-state index is 11.6. The fourth-order valence-electron chi connectivity index (χ4n) is 0.742. The average molecular weight is 247 g/mol. The third kappa shape index (κ3) is 5.04. The van der Waals surface area contributed by atoms with Crippen molar-refractivity contribution in [1.29, 1.82) is 0 Å². The number of primary amides is 1. The van der Waals surface area contributed by atoms with Gasteiger partial charge in [-0.15, -0.1) is 0 Å². The molecule has 6 nitrogen and oxygen atoms in total. The van der Waals surface area contributed by atoms with Gasteiger partial charge in [-0.25, -0.2) is 0 Å². The standard InChI is InChI=1S/C9H17N3O3S/c1-9(2,7(11)16)8(14)12-3-4-15-5-6(10)13/h3-5H2,1-2H3,(H2,10,13)(H2,11,16)(H,12,14). The highest BCUT2D eigenvalue weighted by molar-refractivity contribution is 7.80. The first kappa shape index (κ1) is 14.8. The van der Waals surface area contributed by atoms with Gasteiger partial charge in [0.1, 0.15) is 6.61 Å². The van der Waals surface area contributed by atoms with Crippen molar-refractivity contribution >= 4 is 29.0 Å². The SMILES string of the molecule is CC(C)(C(=O)NCCOCC(N)=O)C(N)=S. The molecule has 2 amide bonds. The van der Waals surface area contributed by atoms with Gasteiger partial charge in [-0.05, 0) is 13.8 Å². The van der Waals surface area contributed by atoms with Crippen LogP contribution in [0.3, 0.4) is 0 Å². The van der Waals surface area contributed by atoms with Crippen molar-refractivity contribution in [2.24, 2.45) is 16.9 Å². The first-order valence-electron chi connectivity index (χ1n) is 4.72. The summed E-state index contributed by atoms with van der Waals surface area (Å²) in [5, 5.41) is 2.59. The minimum atomic E-state index is -0.890. The van der Waals surface area contributed by atoms with E-state index in [-0.39, 0.29) is 30.7 Å². The van der Waals surface area contributed by atoms with Gasteiger partial charge in [0.2, 0.25) is 11.8 Å². The molecule has 0 aromatic heterocycles. The Morgan fingerprint density at radius 3 is 2.38 bits per heavy atom. The van der Waals surface area contributed by atoms with Crippen LogP contribution in [0.1, 0.15) is 13.8 Å². The Balaban J connectivity index is 3.82. The van der Waals surface area contributed by atoms with E-state index in [1.54, 1.807) is 13.8 Å². The minimum absolute atomic E-state index is 0.128. The highest BCUT2D eigenvalue weighted by Gasteiger charge is 2.30. The number of hydrogen-bond acceptors (Lipinski definition) is 4. The van der Waals surface area contributed by atoms with Gasteiger partial charge in [-0.2, -0.15) is 0 Å². The van der Waals surface area contributed by atoms with Crippen LogP contribution in [0.15, 0.2) is 0 Å². The summed E-state index contributed by atoms with van der Waals surface area (Å²) in [4.78, 5) is 22.0. The maximum Gasteiger partial charge on any atom is 0.243 e. The molecule has 0 saturated carbocycles. The van der Waals surface area contributed by atoms with E-state index >= 15 is 0 Å². The third-order valence-corrected chi connectivity index (χ3v) is 2.47. The molecule has 7 heteroatoms. The van der Waals surface area contributed by atoms with Gasteiger partial charge < -0.3 is 21.5 Å². The zero-order chi connectivity index (χ0) is 12.8. The molecule has 0 aromatic carbocycles. The van der Waals surface area contributed by atoms with Crippen molar-refractivity contribution in [3.63, 3.8) is 0 Å². The summed E-state index contributed by atoms with van der Waals surface area (Å²) >= 11 is 4.77. The number of rotatable bonds is 7. The van der Waals surface area contributed by atoms with Gasteiger partial charge in [0.15, 0.2) is 0 Å². The quantitative estimate of drug-likeness (QED) is 0.392. The van der Waals surface area contributed by atoms with Crippen LogP contribution in [0.5, 0.6) is 0 Å². The van der Waals surface area contributed by atoms with Crippen LogP contribution in [-0.2, 0) is 14.3 Å². The largest absolute Gasteiger partial charge is 0.392 e. The summed E-state index contributed by atoms with van der Waals surface area (Å²) in [7, 11) is 0. The number of nitrogens with two attached hydrogens (primary N) is 2. The minimum Gasteiger partial charge on any atom is -0.392 e. The first-order valence-corrected chi connectivity index (χ1v) is 5.13. The van der Waals surface area contributed by atoms with Crippen LogP contribution in [0, 0.1) is 5.41 Å². The molecule has 92 valence electrons. The molecule has 0 unspecified atom stereocenters. The Morgan fingerprint density at radius 1 is 1.38 bits per heavy atom. The van der Waals surface area contributed by atoms with Gasteiger partial charge in [0.05, 0.1) is 17.0 Å². The van der Waals surface area contributed by atoms with Crippen LogP contribution < -0.4 is 16.8 Å². The molecule has 16 heavy (non-hydrogen) atoms. The molecule has 0 heterocycles. The normalized spacial score (nSPS) is 10.9. The molecular formula is C9H17N3O3S. The van der Waals surface area contributed by atoms with Gasteiger partial charge in [0.25, 0.3) is 0 Å². The topological polar surface area (TPSA) is 107 Å². The second kappa shape index (κ2) is 6.39. The lowest BCUT2D eigenvalue weighted by atomic mass is 9.92. The summed E-state index contributed by atoms with van der Waals surface area (Å²) in [5.41, 5.74) is 9.39. The number of ether oxygens (including phenoxy) is 1. The number of nitrogens with one attached hydrogen (secondary N) is 1. The summed E-state index contributed by atoms with van der Waals surface area (Å²) < 4.78 is 4.87. The molecule has 0 saturated heterocycles. The van der Waals surface area contributed by atoms with Crippen LogP contribution in [0.2, 0.25) is 0 Å². The van der Waals surface area contributed by atoms with E-state index in [0.717, 1.165) is 0 Å². The van der Waals surface area contributed by atoms with Crippen molar-refractivity contribution in [2.45, 2.75) is 13.8 Å². The molecule has 0 atom stereocenters. The molecule has 0 aliphatic heterocycles. The second-order valence-corrected chi connectivity index (χ2v) is 4.20. The average Bonchev–Trinajstić information content (AvgIpc) is 2.16. The summed E-state index contributed by atoms with van der Waals surface area (Å²) in [6, 6.07) is 0. The number of carbonyl (C=O) groups excluding carboxylic acids is 2. The Labute approximate surface area is 99.7 Å². The number of thiocarbonyl (C=S) groups is 1. The van der Waals surface area contributed by atoms with Crippen molar-refractivity contribution in [1.82, 2.24) is 5.32 Å². The molecule has 0 aliphatic carbocycles. The van der Waals surface area contributed by atoms with Crippen molar-refractivity contribution in [2.75, 3.05) is 19.8 Å². The summed E-state index contributed by atoms with van der Waals surface area (Å²) in [6.45, 7) is 3.60. The molecule has 0 bridgehead atoms. The molecule has 5 N–H and O–H groups in total. The highest BCUT2D eigenvalue weighted by Crippen LogP contribution is 2.14. The van der Waals surface area contributed by atoms with Crippen molar-refractivity contribution < 1.29 is 14.3 Å². The predicted molar refractivity (Wildman–Crippen MR) is 63.6 cm³/mol. The van der Waals surface area contributed by atoms with Gasteiger partial charge >= 0.3 is 0 Å². The Kier molecular flexibility index (Phi) is 5.91. The smallest absolute Gasteiger partial charge is 0.243 e. The van der Waals surface area contributed by atoms with E-state index in [9.17, 15) is 9.59 Å². The lowest BCUT2D eigenvalue weighted by Crippen LogP contribution is -2.45. The van der Waals surface area contributed by atoms with Crippen molar-refractivity contribution in [3.8, 4) is 0 Å². The molecule has 0 aromatic rings. The van der Waals surface area contributed by atoms with E-state index in [1.807, 2.05) is 0 Å². The van der Waals surface area contributed by atoms with Crippen LogP contribution in [-0.4, -0.2) is 36.6 Å². The monoisotopic (exact) mass is 247 g/mol. The zero-order valence-electron chi connectivity index (χ0n) is 9.41. The van der Waals surface area contributed by atoms with E-state index in [4.69, 9.17) is 28.4 Å². The van der Waals surface area contributed by atoms with Crippen molar-refractivity contribution in [3.05, 3.63) is 0 Å². The summed E-state index contributed by atoms with van der Waals surface area (Å²) in [5.74, 6) is -0.822. The summed E-state index contributed by atoms with van der Waals surface area (Å²) in [6.07, 6.45) is 0. The van der Waals surface area contributed by atoms with Gasteiger partial charge in [-0.1, -0.05) is 12.2 Å². The van der Waals surface area contributed by atoms with Crippen LogP contribution in [0.4, 0.5) is 0 Å². The lowest BCUT2D eigenvalue weighted by molar-refractivity contribution is -0.126. The van der Waals surface area contributed by atoms with E-state index < -0.39 is 11.3 Å². The number of carbonyl (C=O) groups is 2. The van der Waals surface area contributed by atoms with Crippen LogP contribution >= 0.6 is 12.2 Å². The fourth-order valence-corrected chi connectivity index (χ4v) is 0.835. The molecule has 0 rings (SSSR count). The fraction of sp³-hybridized carbons (Fsp3) is 0.667. The van der Waals surface area contributed by atoms with E-state index in [0.29, 0.717) is 0 Å². The molecular weight excluding hydrogens is 230 g/mol. The number of hydrogen-bond donors (Lipinski definition) is 3. The number of amides is 2. The molecule has 0 fully saturated rings. The lowest BCUT2D eigenvalue weighted by Gasteiger charge is -2.21. The van der Waals surface area contributed by atoms with E-state index in [1.165, 1.54) is 0 Å². The zero-order valence-corrected chi connectivity index (χ0v) is 10.2. The first-order chi connectivity index (χ1) is 7.28. The molecule has 0 spiro atoms. The predicted octanol–water partition coefficient (Wildman–Crippen LogP) is -1.08. The second-order valence-electron chi connectivity index (χ2n) is 3.76. The molecule has 0 radical (unpaired) electrons. The Hall–Kier alpha value is -1.21. The third-order valence-electron chi connectivity index (χ3n) is 1.96. The highest BCUT2D eigenvalue weighted by atomic mass is 32.1. The Bertz CT molecular complexity index is 292.